The van der Waals surface area contributed by atoms with Crippen molar-refractivity contribution in [2.45, 2.75) is 16.1 Å². The number of anilines is 1. The van der Waals surface area contributed by atoms with E-state index >= 15 is 0 Å². The molecule has 0 radical (unpaired) electrons. The number of halogens is 5. The zero-order valence-corrected chi connectivity index (χ0v) is 13.0. The third kappa shape index (κ3) is 4.18. The van der Waals surface area contributed by atoms with Crippen LogP contribution in [0.15, 0.2) is 40.3 Å². The summed E-state index contributed by atoms with van der Waals surface area (Å²) in [5, 5.41) is 3.63. The first-order valence-electron chi connectivity index (χ1n) is 5.69. The average Bonchev–Trinajstić information content (AvgIpc) is 2.41. The van der Waals surface area contributed by atoms with Crippen molar-refractivity contribution in [3.05, 3.63) is 45.9 Å². The maximum absolute atomic E-state index is 12.9. The molecule has 0 saturated heterocycles. The van der Waals surface area contributed by atoms with E-state index in [4.69, 9.17) is 23.2 Å². The second-order valence-corrected chi connectivity index (χ2v) is 5.91. The lowest BCUT2D eigenvalue weighted by Gasteiger charge is -2.11. The molecule has 1 aromatic carbocycles. The van der Waals surface area contributed by atoms with Crippen LogP contribution in [0.5, 0.6) is 0 Å². The van der Waals surface area contributed by atoms with Crippen LogP contribution in [0.1, 0.15) is 5.56 Å². The monoisotopic (exact) mass is 352 g/mol. The minimum absolute atomic E-state index is 0.130. The molecule has 0 bridgehead atoms. The third-order valence-corrected chi connectivity index (χ3v) is 4.15. The van der Waals surface area contributed by atoms with Crippen LogP contribution in [0.25, 0.3) is 0 Å². The van der Waals surface area contributed by atoms with Gasteiger partial charge in [-0.25, -0.2) is 4.98 Å². The van der Waals surface area contributed by atoms with Crippen molar-refractivity contribution in [2.75, 3.05) is 12.4 Å². The molecule has 0 aliphatic carbocycles. The number of benzene rings is 1. The second-order valence-electron chi connectivity index (χ2n) is 4.00. The van der Waals surface area contributed by atoms with E-state index in [9.17, 15) is 13.2 Å². The molecule has 2 rings (SSSR count). The number of rotatable bonds is 3. The average molecular weight is 353 g/mol. The van der Waals surface area contributed by atoms with Gasteiger partial charge in [-0.2, -0.15) is 13.2 Å². The van der Waals surface area contributed by atoms with Crippen LogP contribution in [0, 0.1) is 0 Å². The lowest BCUT2D eigenvalue weighted by Crippen LogP contribution is -2.07. The molecular weight excluding hydrogens is 344 g/mol. The Kier molecular flexibility index (Phi) is 4.91. The molecule has 0 amide bonds. The molecule has 8 heteroatoms. The van der Waals surface area contributed by atoms with Crippen LogP contribution in [0.3, 0.4) is 0 Å². The standard InChI is InChI=1S/C13H9Cl2F3N2S/c1-19-11-4-7(13(16,17)18)5-12(20-11)21-10-6-8(14)2-3-9(10)15/h2-6H,1H3,(H,19,20). The van der Waals surface area contributed by atoms with Crippen LogP contribution in [-0.2, 0) is 6.18 Å². The number of nitrogens with one attached hydrogen (secondary N) is 1. The van der Waals surface area contributed by atoms with Gasteiger partial charge in [0.25, 0.3) is 0 Å². The summed E-state index contributed by atoms with van der Waals surface area (Å²) in [4.78, 5) is 4.62. The van der Waals surface area contributed by atoms with Gasteiger partial charge in [-0.3, -0.25) is 0 Å². The maximum atomic E-state index is 12.9. The lowest BCUT2D eigenvalue weighted by molar-refractivity contribution is -0.137. The highest BCUT2D eigenvalue weighted by molar-refractivity contribution is 7.99. The molecule has 0 saturated carbocycles. The third-order valence-electron chi connectivity index (χ3n) is 2.49. The van der Waals surface area contributed by atoms with Gasteiger partial charge in [0.05, 0.1) is 10.6 Å². The molecule has 2 aromatic rings. The van der Waals surface area contributed by atoms with E-state index in [2.05, 4.69) is 10.3 Å². The highest BCUT2D eigenvalue weighted by Crippen LogP contribution is 2.38. The molecule has 2 nitrogen and oxygen atoms in total. The van der Waals surface area contributed by atoms with E-state index in [1.807, 2.05) is 0 Å². The van der Waals surface area contributed by atoms with Crippen LogP contribution in [-0.4, -0.2) is 12.0 Å². The number of aromatic nitrogens is 1. The molecule has 0 aliphatic heterocycles. The molecule has 0 aliphatic rings. The molecule has 21 heavy (non-hydrogen) atoms. The van der Waals surface area contributed by atoms with Crippen LogP contribution >= 0.6 is 35.0 Å². The van der Waals surface area contributed by atoms with Crippen LogP contribution in [0.4, 0.5) is 19.0 Å². The summed E-state index contributed by atoms with van der Waals surface area (Å²) in [5.74, 6) is 0.130. The first kappa shape index (κ1) is 16.3. The van der Waals surface area contributed by atoms with Gasteiger partial charge in [-0.05, 0) is 30.3 Å². The van der Waals surface area contributed by atoms with E-state index in [1.165, 1.54) is 7.05 Å². The Morgan fingerprint density at radius 1 is 1.14 bits per heavy atom. The summed E-state index contributed by atoms with van der Waals surface area (Å²) < 4.78 is 38.6. The van der Waals surface area contributed by atoms with E-state index in [1.54, 1.807) is 18.2 Å². The van der Waals surface area contributed by atoms with Crippen molar-refractivity contribution in [3.63, 3.8) is 0 Å². The van der Waals surface area contributed by atoms with Gasteiger partial charge < -0.3 is 5.32 Å². The summed E-state index contributed by atoms with van der Waals surface area (Å²) in [6.45, 7) is 0. The zero-order chi connectivity index (χ0) is 15.6. The molecular formula is C13H9Cl2F3N2S. The van der Waals surface area contributed by atoms with Crippen LogP contribution in [0.2, 0.25) is 10.0 Å². The van der Waals surface area contributed by atoms with Crippen LogP contribution < -0.4 is 5.32 Å². The fourth-order valence-electron chi connectivity index (χ4n) is 1.52. The molecule has 1 heterocycles. The molecule has 1 aromatic heterocycles. The Morgan fingerprint density at radius 2 is 1.86 bits per heavy atom. The van der Waals surface area contributed by atoms with Gasteiger partial charge in [0.2, 0.25) is 0 Å². The molecule has 0 fully saturated rings. The number of hydrogen-bond donors (Lipinski definition) is 1. The first-order chi connectivity index (χ1) is 9.79. The zero-order valence-electron chi connectivity index (χ0n) is 10.6. The Labute approximate surface area is 133 Å². The highest BCUT2D eigenvalue weighted by atomic mass is 35.5. The Bertz CT molecular complexity index is 662. The van der Waals surface area contributed by atoms with E-state index in [-0.39, 0.29) is 10.8 Å². The normalized spacial score (nSPS) is 11.5. The summed E-state index contributed by atoms with van der Waals surface area (Å²) in [7, 11) is 1.50. The highest BCUT2D eigenvalue weighted by Gasteiger charge is 2.31. The lowest BCUT2D eigenvalue weighted by atomic mass is 10.2. The van der Waals surface area contributed by atoms with Gasteiger partial charge >= 0.3 is 6.18 Å². The quantitative estimate of drug-likeness (QED) is 0.778. The molecule has 112 valence electrons. The fraction of sp³-hybridized carbons (Fsp3) is 0.154. The summed E-state index contributed by atoms with van der Waals surface area (Å²) >= 11 is 12.9. The number of nitrogens with zero attached hydrogens (tertiary/aromatic N) is 1. The van der Waals surface area contributed by atoms with Crippen molar-refractivity contribution in [2.24, 2.45) is 0 Å². The number of alkyl halides is 3. The minimum atomic E-state index is -4.44. The number of hydrogen-bond acceptors (Lipinski definition) is 3. The summed E-state index contributed by atoms with van der Waals surface area (Å²) in [6, 6.07) is 6.69. The smallest absolute Gasteiger partial charge is 0.373 e. The number of pyridine rings is 1. The molecule has 0 unspecified atom stereocenters. The summed E-state index contributed by atoms with van der Waals surface area (Å²) in [5.41, 5.74) is -0.775. The Balaban J connectivity index is 2.42. The van der Waals surface area contributed by atoms with Crippen molar-refractivity contribution >= 4 is 40.8 Å². The Hall–Kier alpha value is -1.11. The summed E-state index contributed by atoms with van der Waals surface area (Å²) in [6.07, 6.45) is -4.44. The van der Waals surface area contributed by atoms with Crippen molar-refractivity contribution in [3.8, 4) is 0 Å². The van der Waals surface area contributed by atoms with E-state index in [0.29, 0.717) is 14.9 Å². The molecule has 0 atom stereocenters. The van der Waals surface area contributed by atoms with Gasteiger partial charge in [-0.1, -0.05) is 35.0 Å². The van der Waals surface area contributed by atoms with Crippen molar-refractivity contribution in [1.29, 1.82) is 0 Å². The van der Waals surface area contributed by atoms with Gasteiger partial charge in [0.1, 0.15) is 10.8 Å². The SMILES string of the molecule is CNc1cc(C(F)(F)F)cc(Sc2cc(Cl)ccc2Cl)n1. The predicted octanol–water partition coefficient (Wildman–Crippen LogP) is 5.60. The van der Waals surface area contributed by atoms with Crippen molar-refractivity contribution < 1.29 is 13.2 Å². The topological polar surface area (TPSA) is 24.9 Å². The largest absolute Gasteiger partial charge is 0.416 e. The van der Waals surface area contributed by atoms with E-state index < -0.39 is 11.7 Å². The molecule has 0 spiro atoms. The minimum Gasteiger partial charge on any atom is -0.373 e. The fourth-order valence-corrected chi connectivity index (χ4v) is 2.89. The maximum Gasteiger partial charge on any atom is 0.416 e. The predicted molar refractivity (Wildman–Crippen MR) is 79.4 cm³/mol. The van der Waals surface area contributed by atoms with Gasteiger partial charge in [-0.15, -0.1) is 0 Å². The second kappa shape index (κ2) is 6.34. The molecule has 1 N–H and O–H groups in total. The Morgan fingerprint density at radius 3 is 2.48 bits per heavy atom. The van der Waals surface area contributed by atoms with Crippen molar-refractivity contribution in [1.82, 2.24) is 4.98 Å². The van der Waals surface area contributed by atoms with Gasteiger partial charge in [0.15, 0.2) is 0 Å². The van der Waals surface area contributed by atoms with Gasteiger partial charge in [0, 0.05) is 17.0 Å². The first-order valence-corrected chi connectivity index (χ1v) is 7.27. The van der Waals surface area contributed by atoms with E-state index in [0.717, 1.165) is 23.9 Å².